The lowest BCUT2D eigenvalue weighted by atomic mass is 9.96. The van der Waals surface area contributed by atoms with Gasteiger partial charge in [-0.05, 0) is 55.1 Å². The van der Waals surface area contributed by atoms with Crippen LogP contribution in [0.5, 0.6) is 5.75 Å². The Balaban J connectivity index is 1.99. The Labute approximate surface area is 186 Å². The van der Waals surface area contributed by atoms with Crippen molar-refractivity contribution in [2.75, 3.05) is 32.1 Å². The van der Waals surface area contributed by atoms with E-state index in [0.717, 1.165) is 29.0 Å². The van der Waals surface area contributed by atoms with Crippen molar-refractivity contribution in [1.82, 2.24) is 10.2 Å². The number of ether oxygens (including phenoxy) is 1. The highest BCUT2D eigenvalue weighted by molar-refractivity contribution is 5.93. The lowest BCUT2D eigenvalue weighted by Crippen LogP contribution is -2.43. The molecule has 2 N–H and O–H groups in total. The standard InChI is InChI=1S/C25H35N3O3/c1-6-15-28(16-23(29)26-22-10-8-7-9-19(22)4)17-24(30)27-25(18(2)3)20-11-13-21(31-5)14-12-20/h7-14,18,25H,6,15-17H2,1-5H3,(H,26,29)(H,27,30). The molecule has 0 spiro atoms. The zero-order chi connectivity index (χ0) is 22.8. The van der Waals surface area contributed by atoms with Crippen LogP contribution in [0.2, 0.25) is 0 Å². The van der Waals surface area contributed by atoms with Gasteiger partial charge in [-0.25, -0.2) is 0 Å². The SMILES string of the molecule is CCCN(CC(=O)Nc1ccccc1C)CC(=O)NC(c1ccc(OC)cc1)C(C)C. The number of amides is 2. The first-order valence-electron chi connectivity index (χ1n) is 10.8. The number of para-hydroxylation sites is 1. The van der Waals surface area contributed by atoms with Crippen LogP contribution in [0, 0.1) is 12.8 Å². The fourth-order valence-electron chi connectivity index (χ4n) is 3.50. The number of hydrogen-bond acceptors (Lipinski definition) is 4. The van der Waals surface area contributed by atoms with Gasteiger partial charge in [-0.2, -0.15) is 0 Å². The summed E-state index contributed by atoms with van der Waals surface area (Å²) in [5.74, 6) is 0.797. The molecule has 1 atom stereocenters. The molecule has 0 heterocycles. The van der Waals surface area contributed by atoms with Crippen molar-refractivity contribution in [2.45, 2.75) is 40.2 Å². The van der Waals surface area contributed by atoms with Crippen LogP contribution in [0.3, 0.4) is 0 Å². The molecule has 0 fully saturated rings. The van der Waals surface area contributed by atoms with Crippen LogP contribution in [0.15, 0.2) is 48.5 Å². The van der Waals surface area contributed by atoms with Gasteiger partial charge < -0.3 is 15.4 Å². The van der Waals surface area contributed by atoms with Crippen LogP contribution < -0.4 is 15.4 Å². The van der Waals surface area contributed by atoms with Crippen molar-refractivity contribution in [3.05, 3.63) is 59.7 Å². The molecule has 0 aromatic heterocycles. The van der Waals surface area contributed by atoms with Gasteiger partial charge in [0.05, 0.1) is 26.2 Å². The molecule has 6 nitrogen and oxygen atoms in total. The summed E-state index contributed by atoms with van der Waals surface area (Å²) in [4.78, 5) is 27.3. The number of rotatable bonds is 11. The number of hydrogen-bond donors (Lipinski definition) is 2. The van der Waals surface area contributed by atoms with E-state index < -0.39 is 0 Å². The van der Waals surface area contributed by atoms with Crippen molar-refractivity contribution in [3.8, 4) is 5.75 Å². The highest BCUT2D eigenvalue weighted by atomic mass is 16.5. The van der Waals surface area contributed by atoms with E-state index in [1.54, 1.807) is 7.11 Å². The van der Waals surface area contributed by atoms with Gasteiger partial charge in [-0.1, -0.05) is 51.1 Å². The predicted octanol–water partition coefficient (Wildman–Crippen LogP) is 4.17. The minimum absolute atomic E-state index is 0.0911. The molecule has 2 amide bonds. The van der Waals surface area contributed by atoms with Gasteiger partial charge in [-0.15, -0.1) is 0 Å². The molecule has 31 heavy (non-hydrogen) atoms. The molecule has 2 rings (SSSR count). The van der Waals surface area contributed by atoms with E-state index in [9.17, 15) is 9.59 Å². The molecule has 0 saturated carbocycles. The Kier molecular flexibility index (Phi) is 9.53. The first-order chi connectivity index (χ1) is 14.8. The Morgan fingerprint density at radius 2 is 1.65 bits per heavy atom. The molecule has 2 aromatic carbocycles. The van der Waals surface area contributed by atoms with Gasteiger partial charge in [0.1, 0.15) is 5.75 Å². The summed E-state index contributed by atoms with van der Waals surface area (Å²) in [5, 5.41) is 6.08. The maximum Gasteiger partial charge on any atom is 0.238 e. The summed E-state index contributed by atoms with van der Waals surface area (Å²) in [5.41, 5.74) is 2.84. The van der Waals surface area contributed by atoms with Gasteiger partial charge in [-0.3, -0.25) is 14.5 Å². The van der Waals surface area contributed by atoms with E-state index in [2.05, 4.69) is 24.5 Å². The minimum Gasteiger partial charge on any atom is -0.497 e. The number of nitrogens with one attached hydrogen (secondary N) is 2. The maximum atomic E-state index is 12.8. The molecule has 0 bridgehead atoms. The average Bonchev–Trinajstić information content (AvgIpc) is 2.73. The first kappa shape index (κ1) is 24.4. The molecule has 2 aromatic rings. The Bertz CT molecular complexity index is 849. The second-order valence-electron chi connectivity index (χ2n) is 8.14. The maximum absolute atomic E-state index is 12.8. The first-order valence-corrected chi connectivity index (χ1v) is 10.8. The summed E-state index contributed by atoms with van der Waals surface area (Å²) in [7, 11) is 1.63. The summed E-state index contributed by atoms with van der Waals surface area (Å²) >= 11 is 0. The van der Waals surface area contributed by atoms with Crippen LogP contribution in [0.4, 0.5) is 5.69 Å². The average molecular weight is 426 g/mol. The Hall–Kier alpha value is -2.86. The second-order valence-corrected chi connectivity index (χ2v) is 8.14. The highest BCUT2D eigenvalue weighted by Gasteiger charge is 2.21. The van der Waals surface area contributed by atoms with Crippen molar-refractivity contribution < 1.29 is 14.3 Å². The normalized spacial score (nSPS) is 12.0. The monoisotopic (exact) mass is 425 g/mol. The summed E-state index contributed by atoms with van der Waals surface area (Å²) in [6, 6.07) is 15.3. The van der Waals surface area contributed by atoms with Gasteiger partial charge >= 0.3 is 0 Å². The third kappa shape index (κ3) is 7.72. The second kappa shape index (κ2) is 12.1. The predicted molar refractivity (Wildman–Crippen MR) is 125 cm³/mol. The quantitative estimate of drug-likeness (QED) is 0.567. The zero-order valence-corrected chi connectivity index (χ0v) is 19.3. The minimum atomic E-state index is -0.119. The number of carbonyl (C=O) groups is 2. The lowest BCUT2D eigenvalue weighted by Gasteiger charge is -2.26. The number of methoxy groups -OCH3 is 1. The molecule has 0 aliphatic carbocycles. The van der Waals surface area contributed by atoms with Gasteiger partial charge in [0.25, 0.3) is 0 Å². The molecular weight excluding hydrogens is 390 g/mol. The van der Waals surface area contributed by atoms with Crippen LogP contribution in [-0.2, 0) is 9.59 Å². The van der Waals surface area contributed by atoms with Crippen molar-refractivity contribution in [1.29, 1.82) is 0 Å². The molecule has 0 saturated heterocycles. The third-order valence-corrected chi connectivity index (χ3v) is 5.15. The summed E-state index contributed by atoms with van der Waals surface area (Å²) < 4.78 is 5.23. The number of carbonyl (C=O) groups excluding carboxylic acids is 2. The summed E-state index contributed by atoms with van der Waals surface area (Å²) in [6.07, 6.45) is 0.858. The molecule has 1 unspecified atom stereocenters. The third-order valence-electron chi connectivity index (χ3n) is 5.15. The smallest absolute Gasteiger partial charge is 0.238 e. The van der Waals surface area contributed by atoms with Crippen molar-refractivity contribution in [2.24, 2.45) is 5.92 Å². The van der Waals surface area contributed by atoms with Crippen LogP contribution in [-0.4, -0.2) is 43.5 Å². The molecule has 168 valence electrons. The van der Waals surface area contributed by atoms with Crippen LogP contribution >= 0.6 is 0 Å². The van der Waals surface area contributed by atoms with E-state index in [1.807, 2.05) is 67.3 Å². The Morgan fingerprint density at radius 3 is 2.23 bits per heavy atom. The topological polar surface area (TPSA) is 70.7 Å². The highest BCUT2D eigenvalue weighted by Crippen LogP contribution is 2.24. The lowest BCUT2D eigenvalue weighted by molar-refractivity contribution is -0.124. The molecule has 0 aliphatic rings. The number of aryl methyl sites for hydroxylation is 1. The fourth-order valence-corrected chi connectivity index (χ4v) is 3.50. The van der Waals surface area contributed by atoms with Crippen LogP contribution in [0.25, 0.3) is 0 Å². The van der Waals surface area contributed by atoms with Crippen molar-refractivity contribution in [3.63, 3.8) is 0 Å². The van der Waals surface area contributed by atoms with Gasteiger partial charge in [0.2, 0.25) is 11.8 Å². The molecule has 6 heteroatoms. The van der Waals surface area contributed by atoms with E-state index >= 15 is 0 Å². The largest absolute Gasteiger partial charge is 0.497 e. The number of nitrogens with zero attached hydrogens (tertiary/aromatic N) is 1. The van der Waals surface area contributed by atoms with Gasteiger partial charge in [0.15, 0.2) is 0 Å². The van der Waals surface area contributed by atoms with E-state index in [0.29, 0.717) is 6.54 Å². The number of benzene rings is 2. The molecule has 0 radical (unpaired) electrons. The molecule has 0 aliphatic heterocycles. The zero-order valence-electron chi connectivity index (χ0n) is 19.3. The van der Waals surface area contributed by atoms with E-state index in [4.69, 9.17) is 4.74 Å². The molecular formula is C25H35N3O3. The Morgan fingerprint density at radius 1 is 1.00 bits per heavy atom. The fraction of sp³-hybridized carbons (Fsp3) is 0.440. The van der Waals surface area contributed by atoms with Crippen molar-refractivity contribution >= 4 is 17.5 Å². The van der Waals surface area contributed by atoms with E-state index in [-0.39, 0.29) is 36.9 Å². The summed E-state index contributed by atoms with van der Waals surface area (Å²) in [6.45, 7) is 9.17. The van der Waals surface area contributed by atoms with Crippen LogP contribution in [0.1, 0.15) is 44.4 Å². The van der Waals surface area contributed by atoms with E-state index in [1.165, 1.54) is 0 Å². The number of anilines is 1. The van der Waals surface area contributed by atoms with Gasteiger partial charge in [0, 0.05) is 5.69 Å².